The Hall–Kier alpha value is 0.460. The second kappa shape index (κ2) is 2.50. The summed E-state index contributed by atoms with van der Waals surface area (Å²) < 4.78 is 10.7. The van der Waals surface area contributed by atoms with Gasteiger partial charge in [-0.3, -0.25) is 0 Å². The van der Waals surface area contributed by atoms with Gasteiger partial charge in [0, 0.05) is 0 Å². The van der Waals surface area contributed by atoms with Crippen molar-refractivity contribution in [3.05, 3.63) is 23.0 Å². The van der Waals surface area contributed by atoms with E-state index in [9.17, 15) is 4.57 Å². The summed E-state index contributed by atoms with van der Waals surface area (Å²) in [6, 6.07) is 0. The third-order valence-corrected chi connectivity index (χ3v) is 10.4. The van der Waals surface area contributed by atoms with E-state index in [1.54, 1.807) is 12.2 Å². The number of hydrogen-bond acceptors (Lipinski definition) is 1. The first kappa shape index (κ1) is 8.56. The van der Waals surface area contributed by atoms with E-state index in [1.165, 1.54) is 10.8 Å². The lowest BCUT2D eigenvalue weighted by Gasteiger charge is -2.23. The van der Waals surface area contributed by atoms with E-state index in [2.05, 4.69) is 14.8 Å². The van der Waals surface area contributed by atoms with Crippen LogP contribution >= 0.6 is 29.7 Å². The average Bonchev–Trinajstić information content (AvgIpc) is 2.13. The Labute approximate surface area is 67.3 Å². The monoisotopic (exact) mass is 244 g/mol. The lowest BCUT2D eigenvalue weighted by Crippen LogP contribution is -1.80. The summed E-state index contributed by atoms with van der Waals surface area (Å²) >= 11 is 3.01. The topological polar surface area (TPSA) is 57.5 Å². The molecule has 6 heteroatoms. The summed E-state index contributed by atoms with van der Waals surface area (Å²) in [7, 11) is -2.10. The molecule has 0 fully saturated rings. The van der Waals surface area contributed by atoms with Gasteiger partial charge in [0.2, 0.25) is 0 Å². The third-order valence-electron chi connectivity index (χ3n) is 1.01. The zero-order valence-electron chi connectivity index (χ0n) is 4.85. The molecule has 1 aliphatic heterocycles. The van der Waals surface area contributed by atoms with Crippen molar-refractivity contribution in [3.8, 4) is 0 Å². The van der Waals surface area contributed by atoms with Gasteiger partial charge in [0.15, 0.2) is 0 Å². The van der Waals surface area contributed by atoms with E-state index in [0.29, 0.717) is 0 Å². The van der Waals surface area contributed by atoms with Gasteiger partial charge in [-0.05, 0) is 33.7 Å². The number of hydrogen-bond donors (Lipinski definition) is 2. The van der Waals surface area contributed by atoms with E-state index in [4.69, 9.17) is 9.79 Å². The fourth-order valence-electron chi connectivity index (χ4n) is 0.515. The zero-order valence-corrected chi connectivity index (χ0v) is 8.14. The van der Waals surface area contributed by atoms with E-state index >= 15 is 0 Å². The molecule has 0 saturated carbocycles. The van der Waals surface area contributed by atoms with E-state index in [0.717, 1.165) is 0 Å². The van der Waals surface area contributed by atoms with Crippen LogP contribution in [0, 0.1) is 0 Å². The molecule has 10 heavy (non-hydrogen) atoms. The first-order valence-electron chi connectivity index (χ1n) is 2.39. The molecule has 1 rings (SSSR count). The molecule has 2 N–H and O–H groups in total. The first-order valence-corrected chi connectivity index (χ1v) is 8.21. The maximum Gasteiger partial charge on any atom is 0.383 e. The molecular weight excluding hydrogens is 239 g/mol. The quantitative estimate of drug-likeness (QED) is 0.696. The number of halogens is 1. The van der Waals surface area contributed by atoms with Crippen LogP contribution in [0.1, 0.15) is 0 Å². The molecule has 0 aromatic heterocycles. The van der Waals surface area contributed by atoms with Crippen LogP contribution in [0.5, 0.6) is 0 Å². The summed E-state index contributed by atoms with van der Waals surface area (Å²) in [5, 5.41) is 3.02. The Morgan fingerprint density at radius 2 is 1.70 bits per heavy atom. The van der Waals surface area contributed by atoms with Crippen LogP contribution in [0.2, 0.25) is 0 Å². The molecule has 0 amide bonds. The normalized spacial score (nSPS) is 25.1. The molecule has 1 aliphatic rings. The summed E-state index contributed by atoms with van der Waals surface area (Å²) in [5.41, 5.74) is 0. The van der Waals surface area contributed by atoms with Gasteiger partial charge in [-0.15, -0.1) is 0 Å². The summed E-state index contributed by atoms with van der Waals surface area (Å²) in [4.78, 5) is 17.6. The van der Waals surface area contributed by atoms with Gasteiger partial charge >= 0.3 is 6.80 Å². The minimum absolute atomic E-state index is 1.51. The van der Waals surface area contributed by atoms with Crippen molar-refractivity contribution in [1.29, 1.82) is 0 Å². The lowest BCUT2D eigenvalue weighted by molar-refractivity contribution is 0.396. The predicted octanol–water partition coefficient (Wildman–Crippen LogP) is 2.23. The van der Waals surface area contributed by atoms with Crippen molar-refractivity contribution in [3.63, 3.8) is 0 Å². The zero-order chi connectivity index (χ0) is 7.83. The van der Waals surface area contributed by atoms with Gasteiger partial charge < -0.3 is 9.79 Å². The highest BCUT2D eigenvalue weighted by atomic mass is 79.9. The van der Waals surface area contributed by atoms with Crippen LogP contribution in [-0.2, 0) is 4.57 Å². The second-order valence-electron chi connectivity index (χ2n) is 1.74. The van der Waals surface area contributed by atoms with Crippen LogP contribution in [0.15, 0.2) is 23.0 Å². The van der Waals surface area contributed by atoms with Crippen molar-refractivity contribution in [2.75, 3.05) is 0 Å². The van der Waals surface area contributed by atoms with Crippen LogP contribution in [0.25, 0.3) is 0 Å². The van der Waals surface area contributed by atoms with E-state index < -0.39 is 14.9 Å². The summed E-state index contributed by atoms with van der Waals surface area (Å²) in [6.45, 7) is -4.00. The SMILES string of the molecule is O=P(O)(O)S1(Br)C=CC=C1. The standard InChI is InChI=1S/C4H6BrO3PS/c5-10(9(6,7)8)3-1-2-4-10/h1-4H,(H2,6,7,8). The van der Waals surface area contributed by atoms with Gasteiger partial charge in [0.05, 0.1) is 0 Å². The van der Waals surface area contributed by atoms with Crippen LogP contribution in [0.4, 0.5) is 0 Å². The molecule has 3 nitrogen and oxygen atoms in total. The Morgan fingerprint density at radius 1 is 1.30 bits per heavy atom. The van der Waals surface area contributed by atoms with Crippen molar-refractivity contribution in [2.24, 2.45) is 0 Å². The first-order chi connectivity index (χ1) is 4.46. The van der Waals surface area contributed by atoms with E-state index in [1.807, 2.05) is 0 Å². The molecule has 0 bridgehead atoms. The molecule has 0 aromatic rings. The minimum atomic E-state index is -4.00. The van der Waals surface area contributed by atoms with Crippen LogP contribution in [0.3, 0.4) is 0 Å². The maximum absolute atomic E-state index is 10.7. The largest absolute Gasteiger partial charge is 0.383 e. The minimum Gasteiger partial charge on any atom is -0.317 e. The molecular formula is C4H6BrO3PS. The molecule has 0 unspecified atom stereocenters. The van der Waals surface area contributed by atoms with Crippen LogP contribution in [-0.4, -0.2) is 9.79 Å². The molecule has 0 atom stereocenters. The van der Waals surface area contributed by atoms with Gasteiger partial charge in [0.25, 0.3) is 0 Å². The molecule has 1 heterocycles. The molecule has 0 saturated heterocycles. The average molecular weight is 245 g/mol. The van der Waals surface area contributed by atoms with Crippen molar-refractivity contribution in [1.82, 2.24) is 0 Å². The highest BCUT2D eigenvalue weighted by Crippen LogP contribution is 2.84. The number of rotatable bonds is 1. The Kier molecular flexibility index (Phi) is 2.14. The number of allylic oxidation sites excluding steroid dienone is 2. The van der Waals surface area contributed by atoms with Crippen LogP contribution < -0.4 is 0 Å². The molecule has 58 valence electrons. The molecule has 0 radical (unpaired) electrons. The summed E-state index contributed by atoms with van der Waals surface area (Å²) in [5.74, 6) is 0. The van der Waals surface area contributed by atoms with Gasteiger partial charge in [-0.1, -0.05) is 12.2 Å². The molecule has 0 aromatic carbocycles. The fourth-order valence-corrected chi connectivity index (χ4v) is 3.67. The molecule has 0 aliphatic carbocycles. The predicted molar refractivity (Wildman–Crippen MR) is 46.8 cm³/mol. The van der Waals surface area contributed by atoms with Crippen molar-refractivity contribution < 1.29 is 14.4 Å². The molecule has 0 spiro atoms. The Bertz CT molecular complexity index is 231. The smallest absolute Gasteiger partial charge is 0.317 e. The maximum atomic E-state index is 10.7. The van der Waals surface area contributed by atoms with Gasteiger partial charge in [-0.2, -0.15) is 0 Å². The lowest BCUT2D eigenvalue weighted by atomic mass is 10.6. The van der Waals surface area contributed by atoms with Gasteiger partial charge in [0.1, 0.15) is 0 Å². The third kappa shape index (κ3) is 1.38. The van der Waals surface area contributed by atoms with Crippen molar-refractivity contribution in [2.45, 2.75) is 0 Å². The van der Waals surface area contributed by atoms with Gasteiger partial charge in [-0.25, -0.2) is 4.57 Å². The van der Waals surface area contributed by atoms with E-state index in [-0.39, 0.29) is 0 Å². The second-order valence-corrected chi connectivity index (χ2v) is 12.4. The Morgan fingerprint density at radius 3 is 1.90 bits per heavy atom. The Balaban J connectivity index is 3.02. The summed E-state index contributed by atoms with van der Waals surface area (Å²) in [6.07, 6.45) is 3.26. The fraction of sp³-hybridized carbons (Fsp3) is 0. The highest BCUT2D eigenvalue weighted by molar-refractivity contribution is 9.67. The van der Waals surface area contributed by atoms with Crippen molar-refractivity contribution >= 4 is 29.7 Å². The highest BCUT2D eigenvalue weighted by Gasteiger charge is 2.35.